The number of thiazole rings is 1. The second-order valence-electron chi connectivity index (χ2n) is 6.09. The third-order valence-electron chi connectivity index (χ3n) is 3.99. The summed E-state index contributed by atoms with van der Waals surface area (Å²) in [6.45, 7) is -0.00335. The molecular formula is C19H19ClN2O4S3. The number of rotatable bonds is 9. The van der Waals surface area contributed by atoms with Gasteiger partial charge in [0.15, 0.2) is 0 Å². The van der Waals surface area contributed by atoms with E-state index in [9.17, 15) is 13.2 Å². The third-order valence-corrected chi connectivity index (χ3v) is 7.39. The molecule has 29 heavy (non-hydrogen) atoms. The molecule has 2 aromatic carbocycles. The molecule has 0 aliphatic carbocycles. The molecule has 1 aromatic heterocycles. The van der Waals surface area contributed by atoms with Gasteiger partial charge in [0.05, 0.1) is 15.1 Å². The second-order valence-corrected chi connectivity index (χ2v) is 10.3. The van der Waals surface area contributed by atoms with Crippen molar-refractivity contribution in [2.45, 2.75) is 24.0 Å². The molecule has 0 amide bonds. The van der Waals surface area contributed by atoms with Crippen molar-refractivity contribution < 1.29 is 17.9 Å². The van der Waals surface area contributed by atoms with Gasteiger partial charge >= 0.3 is 5.97 Å². The van der Waals surface area contributed by atoms with Gasteiger partial charge in [-0.1, -0.05) is 23.7 Å². The lowest BCUT2D eigenvalue weighted by molar-refractivity contribution is -0.147. The minimum Gasteiger partial charge on any atom is -0.457 e. The molecule has 0 bridgehead atoms. The summed E-state index contributed by atoms with van der Waals surface area (Å²) in [6.07, 6.45) is 2.20. The van der Waals surface area contributed by atoms with Crippen molar-refractivity contribution in [2.75, 3.05) is 12.0 Å². The van der Waals surface area contributed by atoms with E-state index in [1.54, 1.807) is 0 Å². The number of aromatic nitrogens is 1. The molecule has 1 heterocycles. The molecule has 0 unspecified atom stereocenters. The summed E-state index contributed by atoms with van der Waals surface area (Å²) >= 11 is 8.77. The van der Waals surface area contributed by atoms with Crippen LogP contribution in [0.4, 0.5) is 0 Å². The zero-order valence-electron chi connectivity index (χ0n) is 15.5. The van der Waals surface area contributed by atoms with Gasteiger partial charge in [-0.25, -0.2) is 13.4 Å². The Labute approximate surface area is 182 Å². The van der Waals surface area contributed by atoms with Crippen LogP contribution in [0.1, 0.15) is 11.4 Å². The first-order chi connectivity index (χ1) is 13.9. The minimum absolute atomic E-state index is 0.00335. The second kappa shape index (κ2) is 9.90. The Morgan fingerprint density at radius 2 is 1.97 bits per heavy atom. The molecule has 0 fully saturated rings. The van der Waals surface area contributed by atoms with Crippen LogP contribution in [-0.2, 0) is 26.2 Å². The quantitative estimate of drug-likeness (QED) is 0.474. The summed E-state index contributed by atoms with van der Waals surface area (Å²) < 4.78 is 34.1. The fourth-order valence-electron chi connectivity index (χ4n) is 2.54. The number of ether oxygens (including phenoxy) is 1. The average Bonchev–Trinajstić information content (AvgIpc) is 3.12. The van der Waals surface area contributed by atoms with Gasteiger partial charge in [0.1, 0.15) is 17.7 Å². The lowest BCUT2D eigenvalue weighted by Crippen LogP contribution is -2.42. The van der Waals surface area contributed by atoms with Crippen molar-refractivity contribution in [3.05, 3.63) is 58.6 Å². The lowest BCUT2D eigenvalue weighted by Gasteiger charge is -2.17. The van der Waals surface area contributed by atoms with Crippen LogP contribution >= 0.6 is 34.7 Å². The minimum atomic E-state index is -3.89. The first kappa shape index (κ1) is 22.0. The van der Waals surface area contributed by atoms with E-state index in [4.69, 9.17) is 16.3 Å². The topological polar surface area (TPSA) is 85.4 Å². The molecule has 0 radical (unpaired) electrons. The monoisotopic (exact) mass is 470 g/mol. The number of carbonyl (C=O) groups excluding carboxylic acids is 1. The fourth-order valence-corrected chi connectivity index (χ4v) is 5.24. The van der Waals surface area contributed by atoms with Gasteiger partial charge < -0.3 is 4.74 Å². The zero-order chi connectivity index (χ0) is 20.9. The van der Waals surface area contributed by atoms with Gasteiger partial charge in [-0.2, -0.15) is 16.5 Å². The Morgan fingerprint density at radius 3 is 2.66 bits per heavy atom. The zero-order valence-corrected chi connectivity index (χ0v) is 18.7. The Bertz CT molecular complexity index is 1050. The Hall–Kier alpha value is -1.65. The molecule has 1 atom stereocenters. The first-order valence-electron chi connectivity index (χ1n) is 8.67. The van der Waals surface area contributed by atoms with Crippen LogP contribution in [0.2, 0.25) is 5.02 Å². The molecular weight excluding hydrogens is 452 g/mol. The van der Waals surface area contributed by atoms with E-state index in [2.05, 4.69) is 9.71 Å². The Morgan fingerprint density at radius 1 is 1.24 bits per heavy atom. The number of nitrogens with one attached hydrogen (secondary N) is 1. The van der Waals surface area contributed by atoms with E-state index in [-0.39, 0.29) is 11.5 Å². The van der Waals surface area contributed by atoms with Crippen molar-refractivity contribution in [1.29, 1.82) is 0 Å². The molecule has 0 saturated heterocycles. The number of esters is 1. The van der Waals surface area contributed by atoms with Crippen molar-refractivity contribution in [3.63, 3.8) is 0 Å². The summed E-state index contributed by atoms with van der Waals surface area (Å²) in [5, 5.41) is 1.09. The first-order valence-corrected chi connectivity index (χ1v) is 12.7. The SMILES string of the molecule is CSCC[C@H](NS(=O)(=O)c1ccc(Cl)cc1)C(=O)OCc1nc2ccccc2s1. The maximum atomic E-state index is 12.6. The normalized spacial score (nSPS) is 12.8. The van der Waals surface area contributed by atoms with Crippen molar-refractivity contribution in [2.24, 2.45) is 0 Å². The maximum absolute atomic E-state index is 12.6. The van der Waals surface area contributed by atoms with Crippen LogP contribution in [0, 0.1) is 0 Å². The highest BCUT2D eigenvalue weighted by molar-refractivity contribution is 7.98. The fraction of sp³-hybridized carbons (Fsp3) is 0.263. The van der Waals surface area contributed by atoms with Gasteiger partial charge in [-0.15, -0.1) is 11.3 Å². The van der Waals surface area contributed by atoms with Gasteiger partial charge in [-0.3, -0.25) is 4.79 Å². The molecule has 6 nitrogen and oxygen atoms in total. The number of hydrogen-bond donors (Lipinski definition) is 1. The van der Waals surface area contributed by atoms with Gasteiger partial charge in [-0.05, 0) is 54.8 Å². The van der Waals surface area contributed by atoms with Crippen molar-refractivity contribution in [3.8, 4) is 0 Å². The third kappa shape index (κ3) is 5.93. The average molecular weight is 471 g/mol. The van der Waals surface area contributed by atoms with E-state index < -0.39 is 22.0 Å². The number of nitrogens with zero attached hydrogens (tertiary/aromatic N) is 1. The molecule has 0 saturated carbocycles. The molecule has 154 valence electrons. The number of para-hydroxylation sites is 1. The predicted molar refractivity (Wildman–Crippen MR) is 118 cm³/mol. The summed E-state index contributed by atoms with van der Waals surface area (Å²) in [6, 6.07) is 12.4. The lowest BCUT2D eigenvalue weighted by atomic mass is 10.2. The van der Waals surface area contributed by atoms with Crippen LogP contribution in [-0.4, -0.2) is 37.4 Å². The summed E-state index contributed by atoms with van der Waals surface area (Å²) in [4.78, 5) is 17.1. The smallest absolute Gasteiger partial charge is 0.324 e. The highest BCUT2D eigenvalue weighted by atomic mass is 35.5. The summed E-state index contributed by atoms with van der Waals surface area (Å²) in [5.74, 6) is -0.0276. The molecule has 0 spiro atoms. The van der Waals surface area contributed by atoms with E-state index >= 15 is 0 Å². The molecule has 0 aliphatic rings. The molecule has 1 N–H and O–H groups in total. The number of sulfonamides is 1. The van der Waals surface area contributed by atoms with Crippen LogP contribution in [0.15, 0.2) is 53.4 Å². The number of fused-ring (bicyclic) bond motifs is 1. The Balaban J connectivity index is 1.69. The number of halogens is 1. The van der Waals surface area contributed by atoms with E-state index in [1.165, 1.54) is 47.4 Å². The van der Waals surface area contributed by atoms with Crippen LogP contribution in [0.5, 0.6) is 0 Å². The van der Waals surface area contributed by atoms with Crippen LogP contribution in [0.3, 0.4) is 0 Å². The van der Waals surface area contributed by atoms with Crippen molar-refractivity contribution in [1.82, 2.24) is 9.71 Å². The highest BCUT2D eigenvalue weighted by Gasteiger charge is 2.27. The molecule has 10 heteroatoms. The number of carbonyl (C=O) groups is 1. The van der Waals surface area contributed by atoms with Crippen molar-refractivity contribution >= 4 is 60.9 Å². The Kier molecular flexibility index (Phi) is 7.53. The standard InChI is InChI=1S/C19H19ClN2O4S3/c1-27-11-10-16(22-29(24,25)14-8-6-13(20)7-9-14)19(23)26-12-18-21-15-4-2-3-5-17(15)28-18/h2-9,16,22H,10-12H2,1H3/t16-/m0/s1. The van der Waals surface area contributed by atoms with E-state index in [0.717, 1.165) is 10.2 Å². The van der Waals surface area contributed by atoms with Gasteiger partial charge in [0, 0.05) is 5.02 Å². The van der Waals surface area contributed by atoms with Crippen LogP contribution in [0.25, 0.3) is 10.2 Å². The number of thioether (sulfide) groups is 1. The van der Waals surface area contributed by atoms with E-state index in [0.29, 0.717) is 22.2 Å². The van der Waals surface area contributed by atoms with Gasteiger partial charge in [0.25, 0.3) is 0 Å². The maximum Gasteiger partial charge on any atom is 0.324 e. The largest absolute Gasteiger partial charge is 0.457 e. The molecule has 3 rings (SSSR count). The summed E-state index contributed by atoms with van der Waals surface area (Å²) in [7, 11) is -3.89. The van der Waals surface area contributed by atoms with E-state index in [1.807, 2.05) is 30.5 Å². The van der Waals surface area contributed by atoms with Crippen LogP contribution < -0.4 is 4.72 Å². The highest BCUT2D eigenvalue weighted by Crippen LogP contribution is 2.22. The van der Waals surface area contributed by atoms with Gasteiger partial charge in [0.2, 0.25) is 10.0 Å². The molecule has 3 aromatic rings. The number of hydrogen-bond acceptors (Lipinski definition) is 7. The number of benzene rings is 2. The predicted octanol–water partition coefficient (Wildman–Crippen LogP) is 4.09. The molecule has 0 aliphatic heterocycles. The summed E-state index contributed by atoms with van der Waals surface area (Å²) in [5.41, 5.74) is 0.839.